The average Bonchev–Trinajstić information content (AvgIpc) is 2.85. The van der Waals surface area contributed by atoms with Gasteiger partial charge < -0.3 is 14.7 Å². The van der Waals surface area contributed by atoms with Crippen molar-refractivity contribution < 1.29 is 14.6 Å². The summed E-state index contributed by atoms with van der Waals surface area (Å²) in [5.74, 6) is 0.537. The van der Waals surface area contributed by atoms with Crippen LogP contribution in [0.25, 0.3) is 0 Å². The number of carbonyl (C=O) groups excluding carboxylic acids is 1. The number of carbonyl (C=O) groups is 1. The lowest BCUT2D eigenvalue weighted by atomic mass is 10.2. The summed E-state index contributed by atoms with van der Waals surface area (Å²) in [5.41, 5.74) is 0.635. The molecule has 94 valence electrons. The summed E-state index contributed by atoms with van der Waals surface area (Å²) in [4.78, 5) is 14.3. The van der Waals surface area contributed by atoms with Crippen molar-refractivity contribution in [1.29, 1.82) is 0 Å². The molecule has 1 aromatic carbocycles. The molecule has 0 aliphatic rings. The number of benzene rings is 1. The number of rotatable bonds is 3. The molecule has 0 atom stereocenters. The normalized spacial score (nSPS) is 10.1. The number of ether oxygens (including phenoxy) is 1. The Balaban J connectivity index is 2.29. The minimum absolute atomic E-state index is 0.130. The van der Waals surface area contributed by atoms with Gasteiger partial charge >= 0.3 is 0 Å². The van der Waals surface area contributed by atoms with Crippen molar-refractivity contribution >= 4 is 22.9 Å². The molecule has 0 aliphatic carbocycles. The lowest BCUT2D eigenvalue weighted by molar-refractivity contribution is 0.0994. The Morgan fingerprint density at radius 1 is 1.39 bits per heavy atom. The van der Waals surface area contributed by atoms with Crippen molar-refractivity contribution in [2.75, 3.05) is 19.1 Å². The molecule has 1 amide bonds. The van der Waals surface area contributed by atoms with E-state index in [-0.39, 0.29) is 11.7 Å². The van der Waals surface area contributed by atoms with Crippen LogP contribution in [0.3, 0.4) is 0 Å². The van der Waals surface area contributed by atoms with Crippen LogP contribution in [0.5, 0.6) is 11.5 Å². The van der Waals surface area contributed by atoms with Crippen LogP contribution in [0.4, 0.5) is 5.69 Å². The Labute approximate surface area is 109 Å². The van der Waals surface area contributed by atoms with Crippen LogP contribution >= 0.6 is 11.3 Å². The molecule has 0 spiro atoms. The highest BCUT2D eigenvalue weighted by molar-refractivity contribution is 7.12. The predicted molar refractivity (Wildman–Crippen MR) is 71.7 cm³/mol. The van der Waals surface area contributed by atoms with Gasteiger partial charge in [-0.2, -0.15) is 0 Å². The van der Waals surface area contributed by atoms with Crippen LogP contribution in [0.15, 0.2) is 35.7 Å². The molecular weight excluding hydrogens is 250 g/mol. The number of methoxy groups -OCH3 is 1. The van der Waals surface area contributed by atoms with E-state index in [0.717, 1.165) is 0 Å². The van der Waals surface area contributed by atoms with Gasteiger partial charge in [-0.05, 0) is 23.6 Å². The Bertz CT molecular complexity index is 565. The first-order valence-electron chi connectivity index (χ1n) is 5.32. The predicted octanol–water partition coefficient (Wildman–Crippen LogP) is 2.74. The molecule has 0 saturated heterocycles. The fourth-order valence-corrected chi connectivity index (χ4v) is 2.42. The summed E-state index contributed by atoms with van der Waals surface area (Å²) in [6, 6.07) is 8.32. The van der Waals surface area contributed by atoms with E-state index in [1.165, 1.54) is 29.4 Å². The minimum atomic E-state index is -0.160. The van der Waals surface area contributed by atoms with Crippen molar-refractivity contribution in [2.45, 2.75) is 0 Å². The van der Waals surface area contributed by atoms with E-state index in [0.29, 0.717) is 16.3 Å². The third-order valence-corrected chi connectivity index (χ3v) is 3.45. The molecule has 1 aromatic heterocycles. The smallest absolute Gasteiger partial charge is 0.271 e. The second kappa shape index (κ2) is 5.10. The quantitative estimate of drug-likeness (QED) is 0.926. The van der Waals surface area contributed by atoms with E-state index >= 15 is 0 Å². The molecule has 4 nitrogen and oxygen atoms in total. The van der Waals surface area contributed by atoms with E-state index in [9.17, 15) is 9.90 Å². The van der Waals surface area contributed by atoms with E-state index in [4.69, 9.17) is 4.74 Å². The van der Waals surface area contributed by atoms with Gasteiger partial charge in [-0.1, -0.05) is 6.07 Å². The summed E-state index contributed by atoms with van der Waals surface area (Å²) in [6.45, 7) is 0. The van der Waals surface area contributed by atoms with Crippen molar-refractivity contribution in [1.82, 2.24) is 0 Å². The van der Waals surface area contributed by atoms with Gasteiger partial charge in [0.25, 0.3) is 5.91 Å². The summed E-state index contributed by atoms with van der Waals surface area (Å²) in [5, 5.41) is 11.2. The van der Waals surface area contributed by atoms with Crippen molar-refractivity contribution in [3.05, 3.63) is 40.6 Å². The average molecular weight is 263 g/mol. The largest absolute Gasteiger partial charge is 0.508 e. The first-order valence-corrected chi connectivity index (χ1v) is 6.20. The number of aromatic hydroxyl groups is 1. The Kier molecular flexibility index (Phi) is 3.53. The molecule has 0 saturated carbocycles. The Hall–Kier alpha value is -2.01. The molecule has 0 bridgehead atoms. The van der Waals surface area contributed by atoms with Crippen LogP contribution in [0.1, 0.15) is 9.67 Å². The van der Waals surface area contributed by atoms with E-state index in [2.05, 4.69) is 0 Å². The number of hydrogen-bond donors (Lipinski definition) is 1. The van der Waals surface area contributed by atoms with Crippen molar-refractivity contribution in [3.8, 4) is 11.5 Å². The maximum absolute atomic E-state index is 12.3. The maximum Gasteiger partial charge on any atom is 0.271 e. The second-order valence-electron chi connectivity index (χ2n) is 3.70. The van der Waals surface area contributed by atoms with E-state index in [1.807, 2.05) is 5.38 Å². The van der Waals surface area contributed by atoms with Gasteiger partial charge in [0.15, 0.2) is 0 Å². The summed E-state index contributed by atoms with van der Waals surface area (Å²) < 4.78 is 5.13. The van der Waals surface area contributed by atoms with Crippen molar-refractivity contribution in [3.63, 3.8) is 0 Å². The van der Waals surface area contributed by atoms with Crippen molar-refractivity contribution in [2.24, 2.45) is 0 Å². The lowest BCUT2D eigenvalue weighted by Crippen LogP contribution is -2.25. The molecule has 0 fully saturated rings. The van der Waals surface area contributed by atoms with Gasteiger partial charge in [-0.3, -0.25) is 4.79 Å². The molecule has 0 unspecified atom stereocenters. The zero-order valence-corrected chi connectivity index (χ0v) is 10.9. The van der Waals surface area contributed by atoms with Crippen LogP contribution in [-0.2, 0) is 0 Å². The number of hydrogen-bond acceptors (Lipinski definition) is 4. The van der Waals surface area contributed by atoms with E-state index in [1.54, 1.807) is 31.3 Å². The highest BCUT2D eigenvalue weighted by Crippen LogP contribution is 2.28. The number of thiophene rings is 1. The highest BCUT2D eigenvalue weighted by atomic mass is 32.1. The monoisotopic (exact) mass is 263 g/mol. The van der Waals surface area contributed by atoms with Gasteiger partial charge in [-0.15, -0.1) is 11.3 Å². The molecule has 2 rings (SSSR count). The zero-order chi connectivity index (χ0) is 13.1. The van der Waals surface area contributed by atoms with Gasteiger partial charge in [0, 0.05) is 18.8 Å². The van der Waals surface area contributed by atoms with Gasteiger partial charge in [0.05, 0.1) is 7.11 Å². The maximum atomic E-state index is 12.3. The fraction of sp³-hybridized carbons (Fsp3) is 0.154. The number of amides is 1. The molecule has 5 heteroatoms. The van der Waals surface area contributed by atoms with Gasteiger partial charge in [0.2, 0.25) is 0 Å². The van der Waals surface area contributed by atoms with E-state index < -0.39 is 0 Å². The van der Waals surface area contributed by atoms with Gasteiger partial charge in [-0.25, -0.2) is 0 Å². The highest BCUT2D eigenvalue weighted by Gasteiger charge is 2.19. The molecule has 1 N–H and O–H groups in total. The number of phenolic OH excluding ortho intramolecular Hbond substituents is 1. The summed E-state index contributed by atoms with van der Waals surface area (Å²) in [7, 11) is 3.20. The summed E-state index contributed by atoms with van der Waals surface area (Å²) >= 11 is 1.33. The van der Waals surface area contributed by atoms with Crippen LogP contribution in [0.2, 0.25) is 0 Å². The lowest BCUT2D eigenvalue weighted by Gasteiger charge is -2.17. The van der Waals surface area contributed by atoms with Crippen LogP contribution in [0, 0.1) is 0 Å². The topological polar surface area (TPSA) is 49.8 Å². The SMILES string of the molecule is COc1ccsc1C(=O)N(C)c1cccc(O)c1. The van der Waals surface area contributed by atoms with Crippen LogP contribution < -0.4 is 9.64 Å². The molecule has 1 heterocycles. The minimum Gasteiger partial charge on any atom is -0.508 e. The van der Waals surface area contributed by atoms with Crippen LogP contribution in [-0.4, -0.2) is 25.2 Å². The molecule has 18 heavy (non-hydrogen) atoms. The number of anilines is 1. The number of nitrogens with zero attached hydrogens (tertiary/aromatic N) is 1. The second-order valence-corrected chi connectivity index (χ2v) is 4.62. The first-order chi connectivity index (χ1) is 8.63. The first kappa shape index (κ1) is 12.4. The third-order valence-electron chi connectivity index (χ3n) is 2.56. The standard InChI is InChI=1S/C13H13NO3S/c1-14(9-4-3-5-10(15)8-9)13(16)12-11(17-2)6-7-18-12/h3-8,15H,1-2H3. The Morgan fingerprint density at radius 2 is 2.17 bits per heavy atom. The zero-order valence-electron chi connectivity index (χ0n) is 10.1. The molecule has 0 aliphatic heterocycles. The number of phenols is 1. The Morgan fingerprint density at radius 3 is 2.83 bits per heavy atom. The van der Waals surface area contributed by atoms with Gasteiger partial charge in [0.1, 0.15) is 16.4 Å². The molecule has 0 radical (unpaired) electrons. The molecule has 2 aromatic rings. The fourth-order valence-electron chi connectivity index (χ4n) is 1.59. The summed E-state index contributed by atoms with van der Waals surface area (Å²) in [6.07, 6.45) is 0. The molecular formula is C13H13NO3S. The third kappa shape index (κ3) is 2.31.